The quantitative estimate of drug-likeness (QED) is 0.647. The van der Waals surface area contributed by atoms with Gasteiger partial charge in [0.1, 0.15) is 6.61 Å². The molecule has 0 bridgehead atoms. The molecule has 0 amide bonds. The van der Waals surface area contributed by atoms with Gasteiger partial charge < -0.3 is 15.6 Å². The van der Waals surface area contributed by atoms with E-state index >= 15 is 0 Å². The molecule has 0 spiro atoms. The number of hydrogen-bond acceptors (Lipinski definition) is 5. The Hall–Kier alpha value is -0.520. The molecule has 168 valence electrons. The van der Waals surface area contributed by atoms with Crippen molar-refractivity contribution in [3.05, 3.63) is 11.6 Å². The highest BCUT2D eigenvalue weighted by molar-refractivity contribution is 7.99. The number of hydrogen-bond donors (Lipinski definition) is 2. The summed E-state index contributed by atoms with van der Waals surface area (Å²) in [5.41, 5.74) is 6.55. The van der Waals surface area contributed by atoms with Gasteiger partial charge in [-0.25, -0.2) is 4.79 Å². The molecule has 0 unspecified atom stereocenters. The van der Waals surface area contributed by atoms with Gasteiger partial charge in [-0.15, -0.1) is 0 Å². The van der Waals surface area contributed by atoms with E-state index in [9.17, 15) is 9.90 Å². The summed E-state index contributed by atoms with van der Waals surface area (Å²) in [7, 11) is 0. The summed E-state index contributed by atoms with van der Waals surface area (Å²) in [5, 5.41) is 13.0. The fraction of sp³-hybridized carbons (Fsp3) is 0.880. The van der Waals surface area contributed by atoms with E-state index in [-0.39, 0.29) is 11.4 Å². The lowest BCUT2D eigenvalue weighted by molar-refractivity contribution is -0.203. The van der Waals surface area contributed by atoms with Crippen molar-refractivity contribution in [1.29, 1.82) is 0 Å². The molecule has 4 aliphatic carbocycles. The van der Waals surface area contributed by atoms with Crippen molar-refractivity contribution in [1.82, 2.24) is 0 Å². The third-order valence-electron chi connectivity index (χ3n) is 10.4. The molecule has 4 fully saturated rings. The number of cyclic esters (lactones) is 1. The van der Waals surface area contributed by atoms with Crippen LogP contribution >= 0.6 is 11.8 Å². The minimum Gasteiger partial charge on any atom is -0.458 e. The van der Waals surface area contributed by atoms with E-state index in [4.69, 9.17) is 10.5 Å². The SMILES string of the molecule is C[C@]12CC[C@H](SCCN)C[C@H]1CC[C@@H]1[C@@H]2CC[C@]2(C)[C@@H](C3=CC(=O)OC3)CC[C@]12O. The Morgan fingerprint density at radius 1 is 1.13 bits per heavy atom. The first kappa shape index (κ1) is 21.3. The molecule has 4 nitrogen and oxygen atoms in total. The van der Waals surface area contributed by atoms with Gasteiger partial charge in [-0.1, -0.05) is 13.8 Å². The van der Waals surface area contributed by atoms with Gasteiger partial charge in [0.2, 0.25) is 0 Å². The van der Waals surface area contributed by atoms with E-state index in [0.717, 1.165) is 48.3 Å². The molecule has 5 aliphatic rings. The molecule has 1 heterocycles. The third-order valence-corrected chi connectivity index (χ3v) is 11.8. The monoisotopic (exact) mass is 433 g/mol. The molecule has 0 aromatic carbocycles. The maximum Gasteiger partial charge on any atom is 0.331 e. The second-order valence-corrected chi connectivity index (χ2v) is 12.8. The lowest BCUT2D eigenvalue weighted by Crippen LogP contribution is -2.62. The van der Waals surface area contributed by atoms with E-state index in [1.807, 2.05) is 0 Å². The van der Waals surface area contributed by atoms with Crippen LogP contribution < -0.4 is 5.73 Å². The zero-order valence-electron chi connectivity index (χ0n) is 18.7. The van der Waals surface area contributed by atoms with Gasteiger partial charge in [-0.3, -0.25) is 0 Å². The number of aliphatic hydroxyl groups is 1. The maximum atomic E-state index is 12.3. The number of carbonyl (C=O) groups is 1. The molecule has 0 saturated heterocycles. The minimum absolute atomic E-state index is 0.120. The number of carbonyl (C=O) groups excluding carboxylic acids is 1. The van der Waals surface area contributed by atoms with E-state index in [0.29, 0.717) is 29.8 Å². The largest absolute Gasteiger partial charge is 0.458 e. The Bertz CT molecular complexity index is 740. The first-order chi connectivity index (χ1) is 14.3. The molecule has 0 aromatic rings. The topological polar surface area (TPSA) is 72.6 Å². The van der Waals surface area contributed by atoms with Crippen LogP contribution in [0.15, 0.2) is 11.6 Å². The summed E-state index contributed by atoms with van der Waals surface area (Å²) in [6, 6.07) is 0. The fourth-order valence-electron chi connectivity index (χ4n) is 8.76. The first-order valence-electron chi connectivity index (χ1n) is 12.2. The summed E-state index contributed by atoms with van der Waals surface area (Å²) in [6.45, 7) is 6.10. The van der Waals surface area contributed by atoms with Crippen molar-refractivity contribution in [3.63, 3.8) is 0 Å². The Morgan fingerprint density at radius 2 is 1.97 bits per heavy atom. The fourth-order valence-corrected chi connectivity index (χ4v) is 9.88. The smallest absolute Gasteiger partial charge is 0.331 e. The molecule has 1 aliphatic heterocycles. The van der Waals surface area contributed by atoms with E-state index in [2.05, 4.69) is 25.6 Å². The number of ether oxygens (including phenoxy) is 1. The standard InChI is InChI=1S/C25H39NO3S/c1-23-8-5-18(30-12-11-26)14-17(23)3-4-21-20(23)6-9-24(2)19(7-10-25(21,24)28)16-13-22(27)29-15-16/h13,17-21,28H,3-12,14-15,26H2,1-2H3/t17-,18+,19-,20+,21-,23+,24-,25+/m1/s1. The lowest BCUT2D eigenvalue weighted by atomic mass is 9.43. The summed E-state index contributed by atoms with van der Waals surface area (Å²) >= 11 is 2.09. The van der Waals surface area contributed by atoms with Crippen LogP contribution in [0.4, 0.5) is 0 Å². The van der Waals surface area contributed by atoms with E-state index in [1.54, 1.807) is 6.08 Å². The third kappa shape index (κ3) is 2.97. The number of fused-ring (bicyclic) bond motifs is 5. The van der Waals surface area contributed by atoms with Crippen molar-refractivity contribution in [2.24, 2.45) is 40.2 Å². The van der Waals surface area contributed by atoms with Crippen LogP contribution in [0, 0.1) is 34.5 Å². The van der Waals surface area contributed by atoms with Crippen LogP contribution in [-0.2, 0) is 9.53 Å². The highest BCUT2D eigenvalue weighted by Crippen LogP contribution is 2.70. The molecular formula is C25H39NO3S. The van der Waals surface area contributed by atoms with Gasteiger partial charge in [0, 0.05) is 29.0 Å². The zero-order chi connectivity index (χ0) is 21.1. The lowest BCUT2D eigenvalue weighted by Gasteiger charge is -2.64. The van der Waals surface area contributed by atoms with Gasteiger partial charge >= 0.3 is 5.97 Å². The van der Waals surface area contributed by atoms with Crippen LogP contribution in [0.3, 0.4) is 0 Å². The molecule has 8 atom stereocenters. The van der Waals surface area contributed by atoms with Crippen molar-refractivity contribution in [2.45, 2.75) is 82.5 Å². The number of esters is 1. The van der Waals surface area contributed by atoms with Crippen LogP contribution in [0.2, 0.25) is 0 Å². The maximum absolute atomic E-state index is 12.3. The van der Waals surface area contributed by atoms with Crippen LogP contribution in [0.25, 0.3) is 0 Å². The predicted octanol–water partition coefficient (Wildman–Crippen LogP) is 4.30. The van der Waals surface area contributed by atoms with Crippen molar-refractivity contribution < 1.29 is 14.6 Å². The first-order valence-corrected chi connectivity index (χ1v) is 13.3. The van der Waals surface area contributed by atoms with Crippen molar-refractivity contribution >= 4 is 17.7 Å². The number of nitrogens with two attached hydrogens (primary N) is 1. The second kappa shape index (κ2) is 7.52. The number of rotatable bonds is 4. The van der Waals surface area contributed by atoms with Gasteiger partial charge in [0.25, 0.3) is 0 Å². The average Bonchev–Trinajstić information content (AvgIpc) is 3.26. The summed E-state index contributed by atoms with van der Waals surface area (Å²) < 4.78 is 5.24. The highest BCUT2D eigenvalue weighted by Gasteiger charge is 2.67. The van der Waals surface area contributed by atoms with Gasteiger partial charge in [-0.05, 0) is 92.4 Å². The molecule has 4 saturated carbocycles. The van der Waals surface area contributed by atoms with Crippen LogP contribution in [0.5, 0.6) is 0 Å². The molecular weight excluding hydrogens is 394 g/mol. The molecule has 3 N–H and O–H groups in total. The summed E-state index contributed by atoms with van der Waals surface area (Å²) in [5.74, 6) is 3.04. The van der Waals surface area contributed by atoms with Crippen molar-refractivity contribution in [2.75, 3.05) is 18.9 Å². The minimum atomic E-state index is -0.591. The second-order valence-electron chi connectivity index (χ2n) is 11.3. The number of thioether (sulfide) groups is 1. The van der Waals surface area contributed by atoms with Crippen LogP contribution in [-0.4, -0.2) is 40.8 Å². The van der Waals surface area contributed by atoms with Gasteiger partial charge in [0.15, 0.2) is 0 Å². The summed E-state index contributed by atoms with van der Waals surface area (Å²) in [4.78, 5) is 11.7. The Balaban J connectivity index is 1.38. The molecule has 0 aromatic heterocycles. The summed E-state index contributed by atoms with van der Waals surface area (Å²) in [6.07, 6.45) is 12.3. The van der Waals surface area contributed by atoms with Gasteiger partial charge in [0.05, 0.1) is 5.60 Å². The van der Waals surface area contributed by atoms with Crippen molar-refractivity contribution in [3.8, 4) is 0 Å². The molecule has 5 heteroatoms. The van der Waals surface area contributed by atoms with Crippen LogP contribution in [0.1, 0.15) is 71.6 Å². The van der Waals surface area contributed by atoms with Gasteiger partial charge in [-0.2, -0.15) is 11.8 Å². The Kier molecular flexibility index (Phi) is 5.35. The molecule has 0 radical (unpaired) electrons. The zero-order valence-corrected chi connectivity index (χ0v) is 19.5. The Morgan fingerprint density at radius 3 is 2.70 bits per heavy atom. The Labute approximate surface area is 185 Å². The normalized spacial score (nSPS) is 50.3. The van der Waals surface area contributed by atoms with E-state index in [1.165, 1.54) is 38.5 Å². The predicted molar refractivity (Wildman–Crippen MR) is 121 cm³/mol. The average molecular weight is 434 g/mol. The van der Waals surface area contributed by atoms with E-state index < -0.39 is 5.60 Å². The molecule has 5 rings (SSSR count). The molecule has 30 heavy (non-hydrogen) atoms. The highest BCUT2D eigenvalue weighted by atomic mass is 32.2.